The van der Waals surface area contributed by atoms with E-state index in [2.05, 4.69) is 40.3 Å². The number of carbonyl (C=O) groups excluding carboxylic acids is 1. The first kappa shape index (κ1) is 12.9. The fraction of sp³-hybridized carbons (Fsp3) is 0.588. The Morgan fingerprint density at radius 2 is 2.00 bits per heavy atom. The summed E-state index contributed by atoms with van der Waals surface area (Å²) >= 11 is 3.49. The highest BCUT2D eigenvalue weighted by Gasteiger charge is 2.67. The smallest absolute Gasteiger partial charge is 0.224 e. The molecule has 20 heavy (non-hydrogen) atoms. The molecule has 0 aliphatic heterocycles. The third kappa shape index (κ3) is 1.93. The average molecular weight is 334 g/mol. The van der Waals surface area contributed by atoms with Crippen LogP contribution in [0.2, 0.25) is 0 Å². The van der Waals surface area contributed by atoms with E-state index in [1.165, 1.54) is 24.8 Å². The van der Waals surface area contributed by atoms with E-state index in [-0.39, 0.29) is 6.04 Å². The molecule has 5 unspecified atom stereocenters. The van der Waals surface area contributed by atoms with Crippen molar-refractivity contribution in [3.05, 3.63) is 34.3 Å². The Hall–Kier alpha value is -0.830. The molecule has 0 radical (unpaired) electrons. The van der Waals surface area contributed by atoms with E-state index in [4.69, 9.17) is 0 Å². The molecule has 3 aliphatic rings. The molecule has 1 aromatic carbocycles. The van der Waals surface area contributed by atoms with E-state index in [9.17, 15) is 4.79 Å². The third-order valence-electron chi connectivity index (χ3n) is 5.75. The van der Waals surface area contributed by atoms with Gasteiger partial charge in [-0.1, -0.05) is 28.1 Å². The minimum atomic E-state index is 0.0963. The summed E-state index contributed by atoms with van der Waals surface area (Å²) in [7, 11) is 0. The highest BCUT2D eigenvalue weighted by molar-refractivity contribution is 9.10. The second-order valence-electron chi connectivity index (χ2n) is 6.80. The van der Waals surface area contributed by atoms with Crippen molar-refractivity contribution in [3.63, 3.8) is 0 Å². The molecule has 3 fully saturated rings. The van der Waals surface area contributed by atoms with E-state index >= 15 is 0 Å². The first-order valence-electron chi connectivity index (χ1n) is 7.71. The van der Waals surface area contributed by atoms with E-state index in [1.54, 1.807) is 0 Å². The van der Waals surface area contributed by atoms with Crippen LogP contribution >= 0.6 is 15.9 Å². The summed E-state index contributed by atoms with van der Waals surface area (Å²) in [6.07, 6.45) is 4.15. The standard InChI is InChI=1S/C17H20BrNO/c1-9(10-3-2-4-13(18)8-10)19-17(20)16-14-11-5-6-12(7-11)15(14)16/h2-4,8-9,11-12,14-16H,5-7H2,1H3,(H,19,20). The molecule has 3 heteroatoms. The fourth-order valence-corrected chi connectivity index (χ4v) is 5.26. The van der Waals surface area contributed by atoms with Crippen molar-refractivity contribution >= 4 is 21.8 Å². The van der Waals surface area contributed by atoms with Crippen LogP contribution in [0.15, 0.2) is 28.7 Å². The van der Waals surface area contributed by atoms with Crippen LogP contribution in [0, 0.1) is 29.6 Å². The molecular formula is C17H20BrNO. The zero-order valence-electron chi connectivity index (χ0n) is 11.7. The number of nitrogens with one attached hydrogen (secondary N) is 1. The second-order valence-corrected chi connectivity index (χ2v) is 7.71. The summed E-state index contributed by atoms with van der Waals surface area (Å²) in [5.74, 6) is 3.80. The number of fused-ring (bicyclic) bond motifs is 5. The van der Waals surface area contributed by atoms with Crippen LogP contribution in [0.25, 0.3) is 0 Å². The normalized spacial score (nSPS) is 38.4. The molecule has 0 heterocycles. The van der Waals surface area contributed by atoms with Gasteiger partial charge in [0.2, 0.25) is 5.91 Å². The predicted molar refractivity (Wildman–Crippen MR) is 82.0 cm³/mol. The van der Waals surface area contributed by atoms with Crippen molar-refractivity contribution in [1.82, 2.24) is 5.32 Å². The maximum atomic E-state index is 12.5. The summed E-state index contributed by atoms with van der Waals surface area (Å²) in [5.41, 5.74) is 1.17. The van der Waals surface area contributed by atoms with Gasteiger partial charge in [0.15, 0.2) is 0 Å². The SMILES string of the molecule is CC(NC(=O)C1C2C3CCC(C3)C12)c1cccc(Br)c1. The molecule has 2 nitrogen and oxygen atoms in total. The Morgan fingerprint density at radius 1 is 1.30 bits per heavy atom. The van der Waals surface area contributed by atoms with E-state index in [0.29, 0.717) is 11.8 Å². The number of hydrogen-bond acceptors (Lipinski definition) is 1. The lowest BCUT2D eigenvalue weighted by Crippen LogP contribution is -2.30. The lowest BCUT2D eigenvalue weighted by atomic mass is 10.0. The molecule has 0 aromatic heterocycles. The Morgan fingerprint density at radius 3 is 2.65 bits per heavy atom. The van der Waals surface area contributed by atoms with Gasteiger partial charge in [0.1, 0.15) is 0 Å². The van der Waals surface area contributed by atoms with Crippen molar-refractivity contribution in [2.24, 2.45) is 29.6 Å². The lowest BCUT2D eigenvalue weighted by Gasteiger charge is -2.16. The highest BCUT2D eigenvalue weighted by atomic mass is 79.9. The number of hydrogen-bond donors (Lipinski definition) is 1. The molecule has 0 spiro atoms. The van der Waals surface area contributed by atoms with Crippen molar-refractivity contribution in [1.29, 1.82) is 0 Å². The topological polar surface area (TPSA) is 29.1 Å². The van der Waals surface area contributed by atoms with Crippen molar-refractivity contribution in [2.75, 3.05) is 0 Å². The lowest BCUT2D eigenvalue weighted by molar-refractivity contribution is -0.124. The molecule has 106 valence electrons. The number of benzene rings is 1. The number of rotatable bonds is 3. The molecule has 1 amide bonds. The van der Waals surface area contributed by atoms with Gasteiger partial charge in [0.25, 0.3) is 0 Å². The molecule has 0 saturated heterocycles. The predicted octanol–water partition coefficient (Wildman–Crippen LogP) is 3.92. The first-order valence-corrected chi connectivity index (χ1v) is 8.50. The van der Waals surface area contributed by atoms with Crippen LogP contribution in [0.4, 0.5) is 0 Å². The molecular weight excluding hydrogens is 314 g/mol. The monoisotopic (exact) mass is 333 g/mol. The highest BCUT2D eigenvalue weighted by Crippen LogP contribution is 2.69. The van der Waals surface area contributed by atoms with Crippen LogP contribution in [-0.4, -0.2) is 5.91 Å². The number of halogens is 1. The third-order valence-corrected chi connectivity index (χ3v) is 6.24. The second kappa shape index (κ2) is 4.59. The van der Waals surface area contributed by atoms with Crippen molar-refractivity contribution in [2.45, 2.75) is 32.2 Å². The fourth-order valence-electron chi connectivity index (χ4n) is 4.84. The summed E-state index contributed by atoms with van der Waals surface area (Å²) in [5, 5.41) is 3.22. The van der Waals surface area contributed by atoms with Gasteiger partial charge in [0.05, 0.1) is 6.04 Å². The summed E-state index contributed by atoms with van der Waals surface area (Å²) in [4.78, 5) is 12.5. The molecule has 3 saturated carbocycles. The van der Waals surface area contributed by atoms with Crippen LogP contribution in [0.3, 0.4) is 0 Å². The molecule has 2 bridgehead atoms. The first-order chi connectivity index (χ1) is 9.65. The van der Waals surface area contributed by atoms with Crippen molar-refractivity contribution < 1.29 is 4.79 Å². The van der Waals surface area contributed by atoms with Gasteiger partial charge in [-0.15, -0.1) is 0 Å². The van der Waals surface area contributed by atoms with Gasteiger partial charge in [-0.2, -0.15) is 0 Å². The molecule has 3 aliphatic carbocycles. The number of carbonyl (C=O) groups is 1. The van der Waals surface area contributed by atoms with Gasteiger partial charge < -0.3 is 5.32 Å². The van der Waals surface area contributed by atoms with Gasteiger partial charge in [-0.05, 0) is 67.6 Å². The Kier molecular flexibility index (Phi) is 2.95. The summed E-state index contributed by atoms with van der Waals surface area (Å²) in [6.45, 7) is 2.08. The molecule has 1 N–H and O–H groups in total. The maximum absolute atomic E-state index is 12.5. The van der Waals surface area contributed by atoms with E-state index in [1.807, 2.05) is 12.1 Å². The Bertz CT molecular complexity index is 542. The molecule has 4 rings (SSSR count). The Labute approximate surface area is 128 Å². The molecule has 5 atom stereocenters. The summed E-state index contributed by atoms with van der Waals surface area (Å²) < 4.78 is 1.07. The van der Waals surface area contributed by atoms with Gasteiger partial charge >= 0.3 is 0 Å². The van der Waals surface area contributed by atoms with Crippen LogP contribution in [0.1, 0.15) is 37.8 Å². The Balaban J connectivity index is 1.41. The zero-order chi connectivity index (χ0) is 13.9. The number of amides is 1. The van der Waals surface area contributed by atoms with Crippen LogP contribution in [-0.2, 0) is 4.79 Å². The maximum Gasteiger partial charge on any atom is 0.224 e. The summed E-state index contributed by atoms with van der Waals surface area (Å²) in [6, 6.07) is 8.30. The zero-order valence-corrected chi connectivity index (χ0v) is 13.3. The van der Waals surface area contributed by atoms with Gasteiger partial charge in [-0.25, -0.2) is 0 Å². The van der Waals surface area contributed by atoms with Gasteiger partial charge in [-0.3, -0.25) is 4.79 Å². The van der Waals surface area contributed by atoms with E-state index in [0.717, 1.165) is 28.1 Å². The van der Waals surface area contributed by atoms with Crippen LogP contribution < -0.4 is 5.32 Å². The van der Waals surface area contributed by atoms with Crippen LogP contribution in [0.5, 0.6) is 0 Å². The van der Waals surface area contributed by atoms with E-state index < -0.39 is 0 Å². The van der Waals surface area contributed by atoms with Gasteiger partial charge in [0, 0.05) is 10.4 Å². The molecule has 1 aromatic rings. The minimum Gasteiger partial charge on any atom is -0.349 e. The minimum absolute atomic E-state index is 0.0963. The largest absolute Gasteiger partial charge is 0.349 e. The van der Waals surface area contributed by atoms with Crippen molar-refractivity contribution in [3.8, 4) is 0 Å². The average Bonchev–Trinajstić information content (AvgIpc) is 2.88. The quantitative estimate of drug-likeness (QED) is 0.892.